The largest absolute Gasteiger partial charge is 0.382 e. The Bertz CT molecular complexity index is 1180. The van der Waals surface area contributed by atoms with Crippen molar-refractivity contribution in [3.63, 3.8) is 0 Å². The Morgan fingerprint density at radius 3 is 2.93 bits per heavy atom. The van der Waals surface area contributed by atoms with E-state index < -0.39 is 6.04 Å². The van der Waals surface area contributed by atoms with E-state index in [0.717, 1.165) is 17.7 Å². The number of amides is 2. The van der Waals surface area contributed by atoms with Crippen LogP contribution in [-0.4, -0.2) is 48.4 Å². The predicted octanol–water partition coefficient (Wildman–Crippen LogP) is 1.95. The normalized spacial score (nSPS) is 22.2. The molecule has 3 N–H and O–H groups in total. The lowest BCUT2D eigenvalue weighted by molar-refractivity contribution is -0.137. The lowest BCUT2D eigenvalue weighted by Crippen LogP contribution is -2.46. The minimum absolute atomic E-state index is 0.0868. The first kappa shape index (κ1) is 19.0. The molecule has 10 heteroatoms. The van der Waals surface area contributed by atoms with Crippen LogP contribution in [0.2, 0.25) is 0 Å². The first-order valence-electron chi connectivity index (χ1n) is 9.74. The lowest BCUT2D eigenvalue weighted by atomic mass is 10.1. The number of rotatable bonds is 4. The first-order chi connectivity index (χ1) is 14.4. The third kappa shape index (κ3) is 3.20. The smallest absolute Gasteiger partial charge is 0.248 e. The number of halogens is 1. The van der Waals surface area contributed by atoms with Crippen LogP contribution in [0.3, 0.4) is 0 Å². The first-order valence-corrected chi connectivity index (χ1v) is 10.5. The topological polar surface area (TPSA) is 119 Å². The third-order valence-corrected chi connectivity index (χ3v) is 6.33. The predicted molar refractivity (Wildman–Crippen MR) is 114 cm³/mol. The van der Waals surface area contributed by atoms with E-state index in [1.54, 1.807) is 15.5 Å². The van der Waals surface area contributed by atoms with E-state index >= 15 is 0 Å². The molecule has 2 aliphatic rings. The van der Waals surface area contributed by atoms with E-state index in [4.69, 9.17) is 5.73 Å². The number of hydrogen-bond donors (Lipinski definition) is 2. The number of hydrogen-bond acceptors (Lipinski definition) is 6. The number of carbonyl (C=O) groups excluding carboxylic acids is 2. The number of nitrogens with zero attached hydrogens (tertiary/aromatic N) is 5. The van der Waals surface area contributed by atoms with Crippen LogP contribution in [0.5, 0.6) is 0 Å². The molecule has 4 heterocycles. The minimum Gasteiger partial charge on any atom is -0.382 e. The summed E-state index contributed by atoms with van der Waals surface area (Å²) in [4.78, 5) is 36.3. The molecule has 30 heavy (non-hydrogen) atoms. The zero-order valence-corrected chi connectivity index (χ0v) is 17.8. The number of pyridine rings is 1. The van der Waals surface area contributed by atoms with Crippen molar-refractivity contribution in [2.45, 2.75) is 38.3 Å². The Labute approximate surface area is 180 Å². The Kier molecular flexibility index (Phi) is 4.46. The monoisotopic (exact) mass is 469 g/mol. The molecule has 1 aliphatic heterocycles. The summed E-state index contributed by atoms with van der Waals surface area (Å²) in [6, 6.07) is 6.97. The van der Waals surface area contributed by atoms with Gasteiger partial charge in [-0.25, -0.2) is 14.5 Å². The lowest BCUT2D eigenvalue weighted by Gasteiger charge is -2.27. The van der Waals surface area contributed by atoms with Crippen molar-refractivity contribution < 1.29 is 9.59 Å². The highest BCUT2D eigenvalue weighted by atomic mass is 79.9. The van der Waals surface area contributed by atoms with Crippen molar-refractivity contribution in [2.75, 3.05) is 11.1 Å². The molecule has 0 aromatic carbocycles. The van der Waals surface area contributed by atoms with Gasteiger partial charge in [-0.05, 0) is 65.4 Å². The zero-order valence-electron chi connectivity index (χ0n) is 16.2. The average molecular weight is 470 g/mol. The van der Waals surface area contributed by atoms with Gasteiger partial charge in [-0.1, -0.05) is 6.07 Å². The third-order valence-electron chi connectivity index (χ3n) is 5.89. The Morgan fingerprint density at radius 1 is 1.27 bits per heavy atom. The summed E-state index contributed by atoms with van der Waals surface area (Å²) in [6.45, 7) is 1.88. The quantitative estimate of drug-likeness (QED) is 0.563. The molecule has 1 saturated carbocycles. The average Bonchev–Trinajstić information content (AvgIpc) is 3.17. The highest BCUT2D eigenvalue weighted by Crippen LogP contribution is 2.48. The maximum atomic E-state index is 13.2. The highest BCUT2D eigenvalue weighted by Gasteiger charge is 2.56. The van der Waals surface area contributed by atoms with E-state index in [2.05, 4.69) is 36.3 Å². The van der Waals surface area contributed by atoms with E-state index in [1.165, 1.54) is 6.33 Å². The SMILES string of the molecule is Cc1ccc(Br)nc1NC(=O)[C@@H]1C[C@H]2CC2N1C(=O)Cc1ccc2c(N)ncnn12. The van der Waals surface area contributed by atoms with Crippen LogP contribution in [0, 0.1) is 12.8 Å². The molecule has 5 rings (SSSR count). The van der Waals surface area contributed by atoms with Crippen molar-refractivity contribution in [3.8, 4) is 0 Å². The zero-order chi connectivity index (χ0) is 21.0. The fraction of sp³-hybridized carbons (Fsp3) is 0.350. The van der Waals surface area contributed by atoms with Gasteiger partial charge in [0.2, 0.25) is 11.8 Å². The van der Waals surface area contributed by atoms with Crippen molar-refractivity contribution in [1.82, 2.24) is 24.5 Å². The van der Waals surface area contributed by atoms with Gasteiger partial charge in [0.15, 0.2) is 5.82 Å². The molecule has 1 aliphatic carbocycles. The van der Waals surface area contributed by atoms with Crippen LogP contribution in [0.1, 0.15) is 24.1 Å². The van der Waals surface area contributed by atoms with Crippen molar-refractivity contribution in [1.29, 1.82) is 0 Å². The number of nitrogens with two attached hydrogens (primary N) is 1. The number of likely N-dealkylation sites (tertiary alicyclic amines) is 1. The number of aryl methyl sites for hydroxylation is 1. The van der Waals surface area contributed by atoms with Crippen LogP contribution < -0.4 is 11.1 Å². The molecule has 9 nitrogen and oxygen atoms in total. The number of nitrogen functional groups attached to an aromatic ring is 1. The molecule has 2 amide bonds. The number of anilines is 2. The molecule has 0 radical (unpaired) electrons. The number of aromatic nitrogens is 4. The highest BCUT2D eigenvalue weighted by molar-refractivity contribution is 9.10. The molecule has 0 bridgehead atoms. The summed E-state index contributed by atoms with van der Waals surface area (Å²) in [6.07, 6.45) is 3.14. The molecule has 2 fully saturated rings. The summed E-state index contributed by atoms with van der Waals surface area (Å²) in [5.41, 5.74) is 8.13. The van der Waals surface area contributed by atoms with Crippen LogP contribution >= 0.6 is 15.9 Å². The van der Waals surface area contributed by atoms with Crippen LogP contribution in [0.4, 0.5) is 11.6 Å². The second-order valence-corrected chi connectivity index (χ2v) is 8.66. The molecular formula is C20H20BrN7O2. The molecule has 3 aromatic heterocycles. The molecule has 3 atom stereocenters. The van der Waals surface area contributed by atoms with Crippen LogP contribution in [-0.2, 0) is 16.0 Å². The van der Waals surface area contributed by atoms with Gasteiger partial charge in [0, 0.05) is 6.04 Å². The van der Waals surface area contributed by atoms with E-state index in [-0.39, 0.29) is 24.3 Å². The van der Waals surface area contributed by atoms with Gasteiger partial charge in [0.1, 0.15) is 28.3 Å². The number of nitrogens with one attached hydrogen (secondary N) is 1. The van der Waals surface area contributed by atoms with Crippen LogP contribution in [0.15, 0.2) is 35.2 Å². The van der Waals surface area contributed by atoms with Gasteiger partial charge in [-0.3, -0.25) is 9.59 Å². The van der Waals surface area contributed by atoms with E-state index in [9.17, 15) is 9.59 Å². The van der Waals surface area contributed by atoms with Gasteiger partial charge >= 0.3 is 0 Å². The van der Waals surface area contributed by atoms with E-state index in [0.29, 0.717) is 34.1 Å². The molecule has 1 saturated heterocycles. The van der Waals surface area contributed by atoms with Gasteiger partial charge < -0.3 is 16.0 Å². The number of carbonyl (C=O) groups is 2. The molecule has 1 unspecified atom stereocenters. The number of piperidine rings is 1. The minimum atomic E-state index is -0.493. The van der Waals surface area contributed by atoms with Gasteiger partial charge in [-0.2, -0.15) is 5.10 Å². The fourth-order valence-corrected chi connectivity index (χ4v) is 4.58. The van der Waals surface area contributed by atoms with Crippen molar-refractivity contribution in [3.05, 3.63) is 46.5 Å². The molecular weight excluding hydrogens is 450 g/mol. The summed E-state index contributed by atoms with van der Waals surface area (Å²) in [7, 11) is 0. The van der Waals surface area contributed by atoms with Crippen molar-refractivity contribution in [2.24, 2.45) is 5.92 Å². The summed E-state index contributed by atoms with van der Waals surface area (Å²) < 4.78 is 2.27. The van der Waals surface area contributed by atoms with Crippen LogP contribution in [0.25, 0.3) is 5.52 Å². The Morgan fingerprint density at radius 2 is 2.10 bits per heavy atom. The second-order valence-electron chi connectivity index (χ2n) is 7.85. The number of fused-ring (bicyclic) bond motifs is 2. The van der Waals surface area contributed by atoms with Gasteiger partial charge in [0.25, 0.3) is 0 Å². The fourth-order valence-electron chi connectivity index (χ4n) is 4.27. The summed E-state index contributed by atoms with van der Waals surface area (Å²) in [5.74, 6) is 0.976. The maximum absolute atomic E-state index is 13.2. The molecule has 0 spiro atoms. The second kappa shape index (κ2) is 7.05. The Balaban J connectivity index is 1.36. The standard InChI is InChI=1S/C20H20BrN7O2/c1-10-2-5-16(21)25-19(10)26-20(30)15-7-11-6-14(11)27(15)17(29)8-12-3-4-13-18(22)23-9-24-28(12)13/h2-5,9,11,14-15H,6-8H2,1H3,(H2,22,23,24)(H,25,26,30)/t11-,14?,15+/m1/s1. The molecule has 154 valence electrons. The summed E-state index contributed by atoms with van der Waals surface area (Å²) in [5, 5.41) is 7.10. The van der Waals surface area contributed by atoms with Crippen molar-refractivity contribution >= 4 is 44.9 Å². The van der Waals surface area contributed by atoms with Gasteiger partial charge in [-0.15, -0.1) is 0 Å². The summed E-state index contributed by atoms with van der Waals surface area (Å²) >= 11 is 3.33. The van der Waals surface area contributed by atoms with Gasteiger partial charge in [0.05, 0.1) is 12.1 Å². The molecule has 3 aromatic rings. The Hall–Kier alpha value is -3.01. The maximum Gasteiger partial charge on any atom is 0.248 e. The van der Waals surface area contributed by atoms with E-state index in [1.807, 2.05) is 25.1 Å².